The summed E-state index contributed by atoms with van der Waals surface area (Å²) in [5, 5.41) is 10.0. The van der Waals surface area contributed by atoms with Crippen LogP contribution in [0.15, 0.2) is 18.2 Å². The van der Waals surface area contributed by atoms with Gasteiger partial charge in [0.25, 0.3) is 0 Å². The first-order valence-corrected chi connectivity index (χ1v) is 4.50. The van der Waals surface area contributed by atoms with E-state index in [1.165, 1.54) is 13.2 Å². The highest BCUT2D eigenvalue weighted by Crippen LogP contribution is 2.32. The Hall–Kier alpha value is -1.19. The van der Waals surface area contributed by atoms with Crippen molar-refractivity contribution in [3.63, 3.8) is 0 Å². The monoisotopic (exact) mass is 213 g/mol. The van der Waals surface area contributed by atoms with Gasteiger partial charge in [0.05, 0.1) is 12.1 Å². The molecule has 0 saturated carbocycles. The molecule has 0 bridgehead atoms. The van der Waals surface area contributed by atoms with E-state index < -0.39 is 0 Å². The maximum Gasteiger partial charge on any atom is 0.141 e. The zero-order valence-electron chi connectivity index (χ0n) is 7.83. The van der Waals surface area contributed by atoms with Crippen LogP contribution in [0.2, 0.25) is 5.02 Å². The number of hydrogen-bond acceptors (Lipinski definition) is 3. The van der Waals surface area contributed by atoms with E-state index >= 15 is 0 Å². The number of phenolic OH excluding ortho intramolecular Hbond substituents is 1. The van der Waals surface area contributed by atoms with Crippen LogP contribution >= 0.6 is 11.6 Å². The van der Waals surface area contributed by atoms with Gasteiger partial charge in [0.1, 0.15) is 11.5 Å². The van der Waals surface area contributed by atoms with E-state index in [0.29, 0.717) is 22.9 Å². The Labute approximate surface area is 87.8 Å². The van der Waals surface area contributed by atoms with Gasteiger partial charge in [-0.05, 0) is 6.07 Å². The SMILES string of the molecule is COc1cc(O)c(/C=C/CN)cc1Cl. The Morgan fingerprint density at radius 3 is 2.86 bits per heavy atom. The highest BCUT2D eigenvalue weighted by atomic mass is 35.5. The number of rotatable bonds is 3. The minimum atomic E-state index is 0.121. The number of phenols is 1. The van der Waals surface area contributed by atoms with Crippen LogP contribution < -0.4 is 10.5 Å². The second-order valence-electron chi connectivity index (χ2n) is 2.68. The minimum absolute atomic E-state index is 0.121. The molecule has 3 nitrogen and oxygen atoms in total. The van der Waals surface area contributed by atoms with Crippen molar-refractivity contribution >= 4 is 17.7 Å². The number of ether oxygens (including phenoxy) is 1. The van der Waals surface area contributed by atoms with Crippen LogP contribution in [-0.2, 0) is 0 Å². The third-order valence-corrected chi connectivity index (χ3v) is 2.03. The lowest BCUT2D eigenvalue weighted by Crippen LogP contribution is -1.92. The molecule has 0 heterocycles. The summed E-state index contributed by atoms with van der Waals surface area (Å²) in [4.78, 5) is 0. The number of hydrogen-bond donors (Lipinski definition) is 2. The molecule has 0 saturated heterocycles. The van der Waals surface area contributed by atoms with Crippen molar-refractivity contribution in [2.75, 3.05) is 13.7 Å². The molecule has 0 radical (unpaired) electrons. The molecule has 1 rings (SSSR count). The Morgan fingerprint density at radius 2 is 2.29 bits per heavy atom. The minimum Gasteiger partial charge on any atom is -0.507 e. The Balaban J connectivity index is 3.08. The topological polar surface area (TPSA) is 55.5 Å². The van der Waals surface area contributed by atoms with E-state index in [2.05, 4.69) is 0 Å². The molecule has 3 N–H and O–H groups in total. The summed E-state index contributed by atoms with van der Waals surface area (Å²) in [7, 11) is 1.50. The van der Waals surface area contributed by atoms with Gasteiger partial charge in [0.2, 0.25) is 0 Å². The summed E-state index contributed by atoms with van der Waals surface area (Å²) >= 11 is 5.88. The lowest BCUT2D eigenvalue weighted by molar-refractivity contribution is 0.407. The van der Waals surface area contributed by atoms with Gasteiger partial charge in [-0.1, -0.05) is 23.8 Å². The van der Waals surface area contributed by atoms with Crippen molar-refractivity contribution in [3.05, 3.63) is 28.8 Å². The molecule has 0 unspecified atom stereocenters. The summed E-state index contributed by atoms with van der Waals surface area (Å²) in [6.07, 6.45) is 3.44. The molecule has 76 valence electrons. The van der Waals surface area contributed by atoms with Gasteiger partial charge in [0.15, 0.2) is 0 Å². The van der Waals surface area contributed by atoms with E-state index in [1.54, 1.807) is 18.2 Å². The maximum atomic E-state index is 9.54. The summed E-state index contributed by atoms with van der Waals surface area (Å²) in [6, 6.07) is 3.10. The molecule has 0 aliphatic heterocycles. The summed E-state index contributed by atoms with van der Waals surface area (Å²) in [5.41, 5.74) is 5.92. The van der Waals surface area contributed by atoms with Gasteiger partial charge >= 0.3 is 0 Å². The number of nitrogens with two attached hydrogens (primary N) is 1. The van der Waals surface area contributed by atoms with Crippen LogP contribution in [0.3, 0.4) is 0 Å². The summed E-state index contributed by atoms with van der Waals surface area (Å²) < 4.78 is 4.94. The van der Waals surface area contributed by atoms with Crippen LogP contribution in [0.25, 0.3) is 6.08 Å². The molecule has 1 aromatic rings. The Kier molecular flexibility index (Phi) is 3.80. The molecular formula is C10H12ClNO2. The van der Waals surface area contributed by atoms with E-state index in [-0.39, 0.29) is 5.75 Å². The molecule has 0 aliphatic rings. The second kappa shape index (κ2) is 4.88. The molecule has 0 fully saturated rings. The van der Waals surface area contributed by atoms with Gasteiger partial charge in [-0.2, -0.15) is 0 Å². The van der Waals surface area contributed by atoms with Crippen LogP contribution in [0.5, 0.6) is 11.5 Å². The van der Waals surface area contributed by atoms with Gasteiger partial charge < -0.3 is 15.6 Å². The highest BCUT2D eigenvalue weighted by Gasteiger charge is 2.05. The molecule has 1 aromatic carbocycles. The number of halogens is 1. The molecular weight excluding hydrogens is 202 g/mol. The zero-order chi connectivity index (χ0) is 10.6. The quantitative estimate of drug-likeness (QED) is 0.808. The molecule has 0 amide bonds. The number of aromatic hydroxyl groups is 1. The fourth-order valence-corrected chi connectivity index (χ4v) is 1.29. The van der Waals surface area contributed by atoms with Crippen LogP contribution in [0, 0.1) is 0 Å². The fourth-order valence-electron chi connectivity index (χ4n) is 1.04. The van der Waals surface area contributed by atoms with E-state index in [9.17, 15) is 5.11 Å². The standard InChI is InChI=1S/C10H12ClNO2/c1-14-10-6-9(13)7(3-2-4-12)5-8(10)11/h2-3,5-6,13H,4,12H2,1H3/b3-2+. The van der Waals surface area contributed by atoms with Crippen molar-refractivity contribution in [1.82, 2.24) is 0 Å². The van der Waals surface area contributed by atoms with Crippen molar-refractivity contribution in [3.8, 4) is 11.5 Å². The van der Waals surface area contributed by atoms with E-state index in [0.717, 1.165) is 0 Å². The van der Waals surface area contributed by atoms with Crippen LogP contribution in [0.1, 0.15) is 5.56 Å². The molecule has 4 heteroatoms. The fraction of sp³-hybridized carbons (Fsp3) is 0.200. The first-order chi connectivity index (χ1) is 6.69. The largest absolute Gasteiger partial charge is 0.507 e. The van der Waals surface area contributed by atoms with Gasteiger partial charge in [-0.25, -0.2) is 0 Å². The first-order valence-electron chi connectivity index (χ1n) is 4.12. The molecule has 14 heavy (non-hydrogen) atoms. The second-order valence-corrected chi connectivity index (χ2v) is 3.09. The average Bonchev–Trinajstić information content (AvgIpc) is 2.18. The molecule has 0 spiro atoms. The zero-order valence-corrected chi connectivity index (χ0v) is 8.58. The predicted octanol–water partition coefficient (Wildman–Crippen LogP) is 2.03. The molecule has 0 atom stereocenters. The first kappa shape index (κ1) is 10.9. The van der Waals surface area contributed by atoms with E-state index in [1.807, 2.05) is 0 Å². The van der Waals surface area contributed by atoms with Gasteiger partial charge in [-0.15, -0.1) is 0 Å². The average molecular weight is 214 g/mol. The van der Waals surface area contributed by atoms with Gasteiger partial charge in [-0.3, -0.25) is 0 Å². The summed E-state index contributed by atoms with van der Waals surface area (Å²) in [5.74, 6) is 0.574. The molecule has 0 aliphatic carbocycles. The van der Waals surface area contributed by atoms with Crippen molar-refractivity contribution in [1.29, 1.82) is 0 Å². The maximum absolute atomic E-state index is 9.54. The smallest absolute Gasteiger partial charge is 0.141 e. The van der Waals surface area contributed by atoms with Crippen molar-refractivity contribution in [2.24, 2.45) is 5.73 Å². The lowest BCUT2D eigenvalue weighted by Gasteiger charge is -2.05. The Bertz CT molecular complexity index is 350. The van der Waals surface area contributed by atoms with E-state index in [4.69, 9.17) is 22.1 Å². The third-order valence-electron chi connectivity index (χ3n) is 1.73. The molecule has 0 aromatic heterocycles. The number of benzene rings is 1. The van der Waals surface area contributed by atoms with Crippen LogP contribution in [-0.4, -0.2) is 18.8 Å². The number of methoxy groups -OCH3 is 1. The van der Waals surface area contributed by atoms with Crippen LogP contribution in [0.4, 0.5) is 0 Å². The van der Waals surface area contributed by atoms with Crippen molar-refractivity contribution in [2.45, 2.75) is 0 Å². The lowest BCUT2D eigenvalue weighted by atomic mass is 10.2. The highest BCUT2D eigenvalue weighted by molar-refractivity contribution is 6.32. The summed E-state index contributed by atoms with van der Waals surface area (Å²) in [6.45, 7) is 0.420. The van der Waals surface area contributed by atoms with Gasteiger partial charge in [0, 0.05) is 18.2 Å². The third kappa shape index (κ3) is 2.40. The Morgan fingerprint density at radius 1 is 1.57 bits per heavy atom. The predicted molar refractivity (Wildman–Crippen MR) is 57.8 cm³/mol. The van der Waals surface area contributed by atoms with Crippen molar-refractivity contribution < 1.29 is 9.84 Å². The normalized spacial score (nSPS) is 10.8.